The van der Waals surface area contributed by atoms with Crippen LogP contribution in [0.4, 0.5) is 11.4 Å². The number of nitrogens with one attached hydrogen (secondary N) is 1. The van der Waals surface area contributed by atoms with Crippen LogP contribution in [0.2, 0.25) is 0 Å². The van der Waals surface area contributed by atoms with E-state index in [-0.39, 0.29) is 17.9 Å². The Morgan fingerprint density at radius 3 is 2.00 bits per heavy atom. The van der Waals surface area contributed by atoms with Gasteiger partial charge >= 0.3 is 0 Å². The first kappa shape index (κ1) is 19.1. The topological polar surface area (TPSA) is 32.3 Å². The molecule has 3 nitrogen and oxygen atoms in total. The highest BCUT2D eigenvalue weighted by Crippen LogP contribution is 2.45. The third-order valence-corrected chi connectivity index (χ3v) is 5.87. The second kappa shape index (κ2) is 8.49. The molecule has 0 radical (unpaired) electrons. The van der Waals surface area contributed by atoms with Crippen molar-refractivity contribution in [2.45, 2.75) is 18.5 Å². The van der Waals surface area contributed by atoms with Gasteiger partial charge in [0.15, 0.2) is 0 Å². The molecule has 0 aromatic heterocycles. The van der Waals surface area contributed by atoms with E-state index in [0.29, 0.717) is 6.54 Å². The first-order valence-electron chi connectivity index (χ1n) is 10.6. The maximum atomic E-state index is 13.9. The second-order valence-electron chi connectivity index (χ2n) is 7.85. The molecule has 1 aliphatic heterocycles. The van der Waals surface area contributed by atoms with Crippen molar-refractivity contribution >= 4 is 17.3 Å². The van der Waals surface area contributed by atoms with E-state index >= 15 is 0 Å². The highest BCUT2D eigenvalue weighted by molar-refractivity contribution is 6.05. The molecular weight excluding hydrogens is 380 g/mol. The van der Waals surface area contributed by atoms with Crippen molar-refractivity contribution in [1.29, 1.82) is 0 Å². The van der Waals surface area contributed by atoms with Crippen molar-refractivity contribution in [3.8, 4) is 0 Å². The lowest BCUT2D eigenvalue weighted by atomic mass is 9.87. The van der Waals surface area contributed by atoms with Gasteiger partial charge in [-0.05, 0) is 34.9 Å². The zero-order valence-corrected chi connectivity index (χ0v) is 17.2. The molecule has 3 heteroatoms. The summed E-state index contributed by atoms with van der Waals surface area (Å²) in [4.78, 5) is 15.8. The van der Waals surface area contributed by atoms with Gasteiger partial charge in [0.25, 0.3) is 0 Å². The molecule has 1 heterocycles. The van der Waals surface area contributed by atoms with Gasteiger partial charge in [0, 0.05) is 11.4 Å². The molecule has 0 unspecified atom stereocenters. The molecule has 31 heavy (non-hydrogen) atoms. The highest BCUT2D eigenvalue weighted by Gasteiger charge is 2.42. The van der Waals surface area contributed by atoms with Crippen LogP contribution in [0.15, 0.2) is 115 Å². The van der Waals surface area contributed by atoms with Crippen LogP contribution in [0.1, 0.15) is 28.7 Å². The van der Waals surface area contributed by atoms with Gasteiger partial charge in [-0.3, -0.25) is 4.79 Å². The minimum Gasteiger partial charge on any atom is -0.377 e. The summed E-state index contributed by atoms with van der Waals surface area (Å²) in [6, 6.07) is 38.5. The molecule has 0 aliphatic carbocycles. The Morgan fingerprint density at radius 2 is 1.29 bits per heavy atom. The number of para-hydroxylation sites is 2. The number of anilines is 2. The number of carbonyl (C=O) groups is 1. The van der Waals surface area contributed by atoms with E-state index in [1.165, 1.54) is 0 Å². The molecule has 0 spiro atoms. The maximum Gasteiger partial charge on any atom is 0.237 e. The fraction of sp³-hybridized carbons (Fsp3) is 0.107. The van der Waals surface area contributed by atoms with Crippen LogP contribution in [-0.4, -0.2) is 5.91 Å². The van der Waals surface area contributed by atoms with Gasteiger partial charge in [-0.1, -0.05) is 97.1 Å². The van der Waals surface area contributed by atoms with E-state index in [4.69, 9.17) is 0 Å². The summed E-state index contributed by atoms with van der Waals surface area (Å²) in [7, 11) is 0. The number of hydrogen-bond acceptors (Lipinski definition) is 2. The van der Waals surface area contributed by atoms with Gasteiger partial charge in [0.1, 0.15) is 0 Å². The van der Waals surface area contributed by atoms with Crippen molar-refractivity contribution in [3.63, 3.8) is 0 Å². The Hall–Kier alpha value is -3.85. The summed E-state index contributed by atoms with van der Waals surface area (Å²) in [6.07, 6.45) is 0. The van der Waals surface area contributed by atoms with Crippen LogP contribution in [0.5, 0.6) is 0 Å². The largest absolute Gasteiger partial charge is 0.377 e. The molecular formula is C28H24N2O. The molecule has 0 bridgehead atoms. The molecule has 0 fully saturated rings. The van der Waals surface area contributed by atoms with E-state index in [1.807, 2.05) is 83.8 Å². The average molecular weight is 405 g/mol. The van der Waals surface area contributed by atoms with Gasteiger partial charge < -0.3 is 10.2 Å². The Balaban J connectivity index is 1.56. The Morgan fingerprint density at radius 1 is 0.710 bits per heavy atom. The second-order valence-corrected chi connectivity index (χ2v) is 7.85. The fourth-order valence-electron chi connectivity index (χ4n) is 4.40. The average Bonchev–Trinajstić information content (AvgIpc) is 3.11. The Bertz CT molecular complexity index is 1160. The SMILES string of the molecule is O=C1[C@@H]([C@@H](Nc2ccccc2)c2ccccc2)c2ccccc2N1Cc1ccccc1. The van der Waals surface area contributed by atoms with Crippen molar-refractivity contribution in [2.24, 2.45) is 0 Å². The lowest BCUT2D eigenvalue weighted by Gasteiger charge is -2.26. The van der Waals surface area contributed by atoms with Crippen LogP contribution in [0.25, 0.3) is 0 Å². The number of benzene rings is 4. The number of fused-ring (bicyclic) bond motifs is 1. The van der Waals surface area contributed by atoms with Gasteiger partial charge in [-0.25, -0.2) is 0 Å². The molecule has 0 saturated heterocycles. The zero-order valence-electron chi connectivity index (χ0n) is 17.2. The van der Waals surface area contributed by atoms with Crippen LogP contribution < -0.4 is 10.2 Å². The van der Waals surface area contributed by atoms with Gasteiger partial charge in [-0.15, -0.1) is 0 Å². The highest BCUT2D eigenvalue weighted by atomic mass is 16.2. The summed E-state index contributed by atoms with van der Waals surface area (Å²) < 4.78 is 0. The summed E-state index contributed by atoms with van der Waals surface area (Å²) in [5.74, 6) is -0.176. The minimum absolute atomic E-state index is 0.127. The predicted molar refractivity (Wildman–Crippen MR) is 126 cm³/mol. The quantitative estimate of drug-likeness (QED) is 0.417. The van der Waals surface area contributed by atoms with Crippen molar-refractivity contribution in [2.75, 3.05) is 10.2 Å². The van der Waals surface area contributed by atoms with Crippen molar-refractivity contribution < 1.29 is 4.79 Å². The number of hydrogen-bond donors (Lipinski definition) is 1. The number of nitrogens with zero attached hydrogens (tertiary/aromatic N) is 1. The first-order valence-corrected chi connectivity index (χ1v) is 10.6. The third kappa shape index (κ3) is 3.82. The summed E-state index contributed by atoms with van der Waals surface area (Å²) in [5.41, 5.74) is 5.29. The molecule has 2 atom stereocenters. The van der Waals surface area contributed by atoms with Gasteiger partial charge in [0.05, 0.1) is 18.5 Å². The number of rotatable bonds is 6. The molecule has 0 saturated carbocycles. The van der Waals surface area contributed by atoms with Crippen molar-refractivity contribution in [3.05, 3.63) is 132 Å². The summed E-state index contributed by atoms with van der Waals surface area (Å²) >= 11 is 0. The van der Waals surface area contributed by atoms with E-state index in [1.54, 1.807) is 0 Å². The van der Waals surface area contributed by atoms with E-state index < -0.39 is 0 Å². The van der Waals surface area contributed by atoms with Crippen LogP contribution in [-0.2, 0) is 11.3 Å². The first-order chi connectivity index (χ1) is 15.3. The number of carbonyl (C=O) groups excluding carboxylic acids is 1. The Kier molecular flexibility index (Phi) is 5.24. The molecule has 4 aromatic carbocycles. The monoisotopic (exact) mass is 404 g/mol. The summed E-state index contributed by atoms with van der Waals surface area (Å²) in [6.45, 7) is 0.569. The standard InChI is InChI=1S/C28H24N2O/c31-28-26(27(22-14-6-2-7-15-22)29-23-16-8-3-9-17-23)24-18-10-11-19-25(24)30(28)20-21-12-4-1-5-13-21/h1-19,26-27,29H,20H2/t26-,27+/m1/s1. The lowest BCUT2D eigenvalue weighted by molar-refractivity contribution is -0.119. The molecule has 1 amide bonds. The minimum atomic E-state index is -0.303. The molecule has 152 valence electrons. The van der Waals surface area contributed by atoms with E-state index in [9.17, 15) is 4.79 Å². The Labute approximate surface area is 183 Å². The predicted octanol–water partition coefficient (Wildman–Crippen LogP) is 6.17. The van der Waals surface area contributed by atoms with Crippen molar-refractivity contribution in [1.82, 2.24) is 0 Å². The normalized spacial score (nSPS) is 16.1. The molecule has 5 rings (SSSR count). The zero-order chi connectivity index (χ0) is 21.0. The third-order valence-electron chi connectivity index (χ3n) is 5.87. The molecule has 1 aliphatic rings. The summed E-state index contributed by atoms with van der Waals surface area (Å²) in [5, 5.41) is 3.65. The van der Waals surface area contributed by atoms with Gasteiger partial charge in [-0.2, -0.15) is 0 Å². The van der Waals surface area contributed by atoms with Crippen LogP contribution in [0.3, 0.4) is 0 Å². The van der Waals surface area contributed by atoms with Crippen LogP contribution in [0, 0.1) is 0 Å². The smallest absolute Gasteiger partial charge is 0.237 e. The van der Waals surface area contributed by atoms with Gasteiger partial charge in [0.2, 0.25) is 5.91 Å². The number of amides is 1. The molecule has 4 aromatic rings. The molecule has 1 N–H and O–H groups in total. The van der Waals surface area contributed by atoms with E-state index in [2.05, 4.69) is 41.7 Å². The van der Waals surface area contributed by atoms with E-state index in [0.717, 1.165) is 28.1 Å². The lowest BCUT2D eigenvalue weighted by Crippen LogP contribution is -2.32. The van der Waals surface area contributed by atoms with Crippen LogP contribution >= 0.6 is 0 Å². The maximum absolute atomic E-state index is 13.9. The fourth-order valence-corrected chi connectivity index (χ4v) is 4.40.